The van der Waals surface area contributed by atoms with Crippen molar-refractivity contribution in [3.8, 4) is 0 Å². The number of carbonyl (C=O) groups is 1. The second kappa shape index (κ2) is 4.77. The van der Waals surface area contributed by atoms with Gasteiger partial charge in [0.1, 0.15) is 5.56 Å². The number of carboxylic acid groups (broad SMARTS) is 1. The zero-order valence-electron chi connectivity index (χ0n) is 9.76. The van der Waals surface area contributed by atoms with Gasteiger partial charge in [-0.25, -0.2) is 9.59 Å². The van der Waals surface area contributed by atoms with Gasteiger partial charge in [-0.3, -0.25) is 14.3 Å². The SMILES string of the molecule is N[C@@H]1CCCC[C@H]1n1cc(C(=O)O)c(=O)[nH]c1=O. The Morgan fingerprint density at radius 2 is 2.06 bits per heavy atom. The lowest BCUT2D eigenvalue weighted by atomic mass is 9.91. The fourth-order valence-corrected chi connectivity index (χ4v) is 2.37. The Bertz CT molecular complexity index is 574. The largest absolute Gasteiger partial charge is 0.477 e. The number of aromatic carboxylic acids is 1. The first kappa shape index (κ1) is 12.6. The molecule has 7 nitrogen and oxygen atoms in total. The Balaban J connectivity index is 2.50. The molecule has 0 bridgehead atoms. The predicted molar refractivity (Wildman–Crippen MR) is 63.8 cm³/mol. The van der Waals surface area contributed by atoms with Crippen LogP contribution < -0.4 is 17.0 Å². The Hall–Kier alpha value is -1.89. The van der Waals surface area contributed by atoms with Crippen molar-refractivity contribution in [2.24, 2.45) is 5.73 Å². The van der Waals surface area contributed by atoms with Crippen LogP contribution in [0.25, 0.3) is 0 Å². The summed E-state index contributed by atoms with van der Waals surface area (Å²) in [5.41, 5.74) is 4.02. The quantitative estimate of drug-likeness (QED) is 0.667. The van der Waals surface area contributed by atoms with Crippen LogP contribution in [0.5, 0.6) is 0 Å². The summed E-state index contributed by atoms with van der Waals surface area (Å²) in [6.07, 6.45) is 4.54. The lowest BCUT2D eigenvalue weighted by Gasteiger charge is -2.29. The molecule has 4 N–H and O–H groups in total. The number of hydrogen-bond acceptors (Lipinski definition) is 4. The van der Waals surface area contributed by atoms with E-state index < -0.39 is 22.8 Å². The number of nitrogens with zero attached hydrogens (tertiary/aromatic N) is 1. The lowest BCUT2D eigenvalue weighted by molar-refractivity contribution is 0.0693. The van der Waals surface area contributed by atoms with Crippen molar-refractivity contribution >= 4 is 5.97 Å². The Morgan fingerprint density at radius 3 is 2.67 bits per heavy atom. The van der Waals surface area contributed by atoms with E-state index in [1.807, 2.05) is 4.98 Å². The van der Waals surface area contributed by atoms with E-state index in [9.17, 15) is 14.4 Å². The molecule has 2 atom stereocenters. The Kier molecular flexibility index (Phi) is 3.33. The van der Waals surface area contributed by atoms with Gasteiger partial charge in [-0.15, -0.1) is 0 Å². The van der Waals surface area contributed by atoms with Crippen LogP contribution in [0.15, 0.2) is 15.8 Å². The highest BCUT2D eigenvalue weighted by atomic mass is 16.4. The summed E-state index contributed by atoms with van der Waals surface area (Å²) < 4.78 is 1.24. The number of H-pyrrole nitrogens is 1. The Morgan fingerprint density at radius 1 is 1.39 bits per heavy atom. The zero-order valence-corrected chi connectivity index (χ0v) is 9.76. The number of rotatable bonds is 2. The minimum atomic E-state index is -1.35. The highest BCUT2D eigenvalue weighted by Gasteiger charge is 2.25. The molecule has 2 rings (SSSR count). The molecule has 1 aromatic rings. The van der Waals surface area contributed by atoms with E-state index in [1.54, 1.807) is 0 Å². The van der Waals surface area contributed by atoms with E-state index in [1.165, 1.54) is 4.57 Å². The van der Waals surface area contributed by atoms with E-state index in [4.69, 9.17) is 10.8 Å². The number of nitrogens with one attached hydrogen (secondary N) is 1. The van der Waals surface area contributed by atoms with Gasteiger partial charge < -0.3 is 10.8 Å². The van der Waals surface area contributed by atoms with E-state index in [-0.39, 0.29) is 12.1 Å². The van der Waals surface area contributed by atoms with E-state index in [2.05, 4.69) is 0 Å². The van der Waals surface area contributed by atoms with Gasteiger partial charge >= 0.3 is 11.7 Å². The topological polar surface area (TPSA) is 118 Å². The van der Waals surface area contributed by atoms with Crippen molar-refractivity contribution < 1.29 is 9.90 Å². The van der Waals surface area contributed by atoms with Gasteiger partial charge in [-0.1, -0.05) is 12.8 Å². The molecule has 0 saturated heterocycles. The molecule has 1 aliphatic carbocycles. The smallest absolute Gasteiger partial charge is 0.342 e. The predicted octanol–water partition coefficient (Wildman–Crippen LogP) is -0.323. The second-order valence-electron chi connectivity index (χ2n) is 4.53. The van der Waals surface area contributed by atoms with Crippen molar-refractivity contribution in [2.75, 3.05) is 0 Å². The van der Waals surface area contributed by atoms with Gasteiger partial charge in [0.25, 0.3) is 5.56 Å². The minimum absolute atomic E-state index is 0.191. The fraction of sp³-hybridized carbons (Fsp3) is 0.545. The minimum Gasteiger partial charge on any atom is -0.477 e. The van der Waals surface area contributed by atoms with Crippen LogP contribution in [0.3, 0.4) is 0 Å². The maximum absolute atomic E-state index is 11.7. The maximum atomic E-state index is 11.7. The van der Waals surface area contributed by atoms with Crippen molar-refractivity contribution in [1.29, 1.82) is 0 Å². The molecule has 0 aliphatic heterocycles. The van der Waals surface area contributed by atoms with Crippen molar-refractivity contribution in [3.63, 3.8) is 0 Å². The Labute approximate surface area is 102 Å². The first-order valence-corrected chi connectivity index (χ1v) is 5.85. The van der Waals surface area contributed by atoms with Gasteiger partial charge in [-0.05, 0) is 12.8 Å². The second-order valence-corrected chi connectivity index (χ2v) is 4.53. The average Bonchev–Trinajstić information content (AvgIpc) is 2.30. The maximum Gasteiger partial charge on any atom is 0.342 e. The van der Waals surface area contributed by atoms with E-state index in [0.717, 1.165) is 25.5 Å². The lowest BCUT2D eigenvalue weighted by Crippen LogP contribution is -2.43. The molecule has 0 radical (unpaired) electrons. The molecule has 0 unspecified atom stereocenters. The number of carboxylic acids is 1. The van der Waals surface area contributed by atoms with Crippen molar-refractivity contribution in [2.45, 2.75) is 37.8 Å². The van der Waals surface area contributed by atoms with Gasteiger partial charge in [0.2, 0.25) is 0 Å². The highest BCUT2D eigenvalue weighted by Crippen LogP contribution is 2.25. The molecule has 7 heteroatoms. The fourth-order valence-electron chi connectivity index (χ4n) is 2.37. The monoisotopic (exact) mass is 253 g/mol. The first-order chi connectivity index (χ1) is 8.50. The van der Waals surface area contributed by atoms with Crippen molar-refractivity contribution in [3.05, 3.63) is 32.6 Å². The van der Waals surface area contributed by atoms with Crippen LogP contribution in [0.1, 0.15) is 42.1 Å². The molecule has 1 saturated carbocycles. The highest BCUT2D eigenvalue weighted by molar-refractivity contribution is 5.86. The standard InChI is InChI=1S/C11H15N3O4/c12-7-3-1-2-4-8(7)14-5-6(10(16)17)9(15)13-11(14)18/h5,7-8H,1-4,12H2,(H,16,17)(H,13,15,18)/t7-,8-/m1/s1. The summed E-state index contributed by atoms with van der Waals surface area (Å²) in [5.74, 6) is -1.35. The van der Waals surface area contributed by atoms with E-state index in [0.29, 0.717) is 6.42 Å². The molecule has 0 aromatic carbocycles. The van der Waals surface area contributed by atoms with Crippen LogP contribution in [0.4, 0.5) is 0 Å². The van der Waals surface area contributed by atoms with Gasteiger partial charge in [0, 0.05) is 12.2 Å². The molecular formula is C11H15N3O4. The third-order valence-corrected chi connectivity index (χ3v) is 3.34. The van der Waals surface area contributed by atoms with Crippen LogP contribution in [-0.4, -0.2) is 26.7 Å². The molecule has 18 heavy (non-hydrogen) atoms. The van der Waals surface area contributed by atoms with Gasteiger partial charge in [0.05, 0.1) is 6.04 Å². The number of aromatic nitrogens is 2. The van der Waals surface area contributed by atoms with Crippen molar-refractivity contribution in [1.82, 2.24) is 9.55 Å². The molecule has 1 aliphatic rings. The number of nitrogens with two attached hydrogens (primary N) is 1. The summed E-state index contributed by atoms with van der Waals surface area (Å²) in [6.45, 7) is 0. The third-order valence-electron chi connectivity index (χ3n) is 3.34. The molecule has 1 fully saturated rings. The molecule has 1 heterocycles. The molecule has 0 spiro atoms. The van der Waals surface area contributed by atoms with Gasteiger partial charge in [0.15, 0.2) is 0 Å². The van der Waals surface area contributed by atoms with Gasteiger partial charge in [-0.2, -0.15) is 0 Å². The molecule has 98 valence electrons. The summed E-state index contributed by atoms with van der Waals surface area (Å²) in [6, 6.07) is -0.440. The van der Waals surface area contributed by atoms with Crippen LogP contribution in [0, 0.1) is 0 Å². The molecule has 0 amide bonds. The first-order valence-electron chi connectivity index (χ1n) is 5.85. The zero-order chi connectivity index (χ0) is 13.3. The summed E-state index contributed by atoms with van der Waals surface area (Å²) in [4.78, 5) is 35.9. The normalized spacial score (nSPS) is 23.8. The van der Waals surface area contributed by atoms with Crippen LogP contribution in [-0.2, 0) is 0 Å². The average molecular weight is 253 g/mol. The summed E-state index contributed by atoms with van der Waals surface area (Å²) >= 11 is 0. The molecular weight excluding hydrogens is 238 g/mol. The van der Waals surface area contributed by atoms with E-state index >= 15 is 0 Å². The summed E-state index contributed by atoms with van der Waals surface area (Å²) in [7, 11) is 0. The number of hydrogen-bond donors (Lipinski definition) is 3. The van der Waals surface area contributed by atoms with Crippen LogP contribution in [0.2, 0.25) is 0 Å². The molecule has 1 aromatic heterocycles. The third kappa shape index (κ3) is 2.21. The van der Waals surface area contributed by atoms with Crippen LogP contribution >= 0.6 is 0 Å². The number of aromatic amines is 1. The summed E-state index contributed by atoms with van der Waals surface area (Å²) in [5, 5.41) is 8.88.